The first kappa shape index (κ1) is 16.6. The second-order valence-electron chi connectivity index (χ2n) is 5.91. The standard InChI is InChI=1S/C18H20N2O3S/c1-13-19-10-16(24-13)12-23-18(22)15-8-5-9-20(11-15)17(21)14-6-3-2-4-7-14/h2-4,6-7,10,15H,5,8-9,11-12H2,1H3. The van der Waals surface area contributed by atoms with E-state index in [2.05, 4.69) is 4.98 Å². The number of carbonyl (C=O) groups excluding carboxylic acids is 2. The number of thiazole rings is 1. The van der Waals surface area contributed by atoms with E-state index >= 15 is 0 Å². The number of rotatable bonds is 4. The summed E-state index contributed by atoms with van der Waals surface area (Å²) in [7, 11) is 0. The minimum absolute atomic E-state index is 0.0221. The van der Waals surface area contributed by atoms with Crippen LogP contribution >= 0.6 is 11.3 Å². The molecule has 0 aliphatic carbocycles. The zero-order valence-electron chi connectivity index (χ0n) is 13.6. The minimum Gasteiger partial charge on any atom is -0.460 e. The molecule has 1 unspecified atom stereocenters. The molecule has 24 heavy (non-hydrogen) atoms. The Morgan fingerprint density at radius 2 is 2.12 bits per heavy atom. The molecule has 0 bridgehead atoms. The van der Waals surface area contributed by atoms with E-state index in [1.165, 1.54) is 11.3 Å². The monoisotopic (exact) mass is 344 g/mol. The maximum Gasteiger partial charge on any atom is 0.311 e. The molecule has 1 aromatic carbocycles. The molecule has 5 nitrogen and oxygen atoms in total. The molecule has 2 heterocycles. The maximum atomic E-state index is 12.5. The number of aryl methyl sites for hydroxylation is 1. The third kappa shape index (κ3) is 4.00. The van der Waals surface area contributed by atoms with Gasteiger partial charge < -0.3 is 9.64 Å². The van der Waals surface area contributed by atoms with Crippen molar-refractivity contribution in [1.82, 2.24) is 9.88 Å². The van der Waals surface area contributed by atoms with Gasteiger partial charge in [0.15, 0.2) is 0 Å². The van der Waals surface area contributed by atoms with Crippen molar-refractivity contribution in [3.63, 3.8) is 0 Å². The van der Waals surface area contributed by atoms with Crippen molar-refractivity contribution in [2.45, 2.75) is 26.4 Å². The lowest BCUT2D eigenvalue weighted by atomic mass is 9.97. The van der Waals surface area contributed by atoms with Crippen LogP contribution in [0.2, 0.25) is 0 Å². The molecule has 1 aliphatic heterocycles. The van der Waals surface area contributed by atoms with E-state index in [1.807, 2.05) is 25.1 Å². The second-order valence-corrected chi connectivity index (χ2v) is 7.23. The smallest absolute Gasteiger partial charge is 0.311 e. The lowest BCUT2D eigenvalue weighted by Crippen LogP contribution is -2.42. The fraction of sp³-hybridized carbons (Fsp3) is 0.389. The largest absolute Gasteiger partial charge is 0.460 e. The molecule has 1 aromatic heterocycles. The molecule has 0 saturated carbocycles. The van der Waals surface area contributed by atoms with Crippen molar-refractivity contribution in [3.8, 4) is 0 Å². The van der Waals surface area contributed by atoms with Gasteiger partial charge in [-0.15, -0.1) is 11.3 Å². The van der Waals surface area contributed by atoms with Gasteiger partial charge in [-0.3, -0.25) is 9.59 Å². The lowest BCUT2D eigenvalue weighted by Gasteiger charge is -2.31. The molecular weight excluding hydrogens is 324 g/mol. The van der Waals surface area contributed by atoms with Gasteiger partial charge in [0.2, 0.25) is 0 Å². The van der Waals surface area contributed by atoms with Crippen LogP contribution in [0.15, 0.2) is 36.5 Å². The average molecular weight is 344 g/mol. The van der Waals surface area contributed by atoms with Crippen LogP contribution in [0.1, 0.15) is 33.1 Å². The van der Waals surface area contributed by atoms with Crippen LogP contribution in [0.5, 0.6) is 0 Å². The van der Waals surface area contributed by atoms with E-state index in [4.69, 9.17) is 4.74 Å². The van der Waals surface area contributed by atoms with Crippen LogP contribution in [0.4, 0.5) is 0 Å². The summed E-state index contributed by atoms with van der Waals surface area (Å²) >= 11 is 1.53. The van der Waals surface area contributed by atoms with E-state index in [-0.39, 0.29) is 24.4 Å². The Bertz CT molecular complexity index is 714. The number of aromatic nitrogens is 1. The first-order valence-electron chi connectivity index (χ1n) is 8.06. The molecule has 126 valence electrons. The highest BCUT2D eigenvalue weighted by atomic mass is 32.1. The zero-order chi connectivity index (χ0) is 16.9. The number of hydrogen-bond donors (Lipinski definition) is 0. The highest BCUT2D eigenvalue weighted by Gasteiger charge is 2.30. The Morgan fingerprint density at radius 3 is 2.83 bits per heavy atom. The highest BCUT2D eigenvalue weighted by molar-refractivity contribution is 7.11. The summed E-state index contributed by atoms with van der Waals surface area (Å²) in [5.41, 5.74) is 0.659. The van der Waals surface area contributed by atoms with Crippen LogP contribution in [0.3, 0.4) is 0 Å². The number of hydrogen-bond acceptors (Lipinski definition) is 5. The van der Waals surface area contributed by atoms with Crippen LogP contribution in [-0.4, -0.2) is 34.8 Å². The van der Waals surface area contributed by atoms with Gasteiger partial charge in [0.25, 0.3) is 5.91 Å². The highest BCUT2D eigenvalue weighted by Crippen LogP contribution is 2.21. The molecule has 2 aromatic rings. The average Bonchev–Trinajstić information content (AvgIpc) is 3.05. The van der Waals surface area contributed by atoms with Gasteiger partial charge in [-0.1, -0.05) is 18.2 Å². The second kappa shape index (κ2) is 7.57. The lowest BCUT2D eigenvalue weighted by molar-refractivity contribution is -0.151. The zero-order valence-corrected chi connectivity index (χ0v) is 14.4. The summed E-state index contributed by atoms with van der Waals surface area (Å²) in [4.78, 5) is 31.7. The fourth-order valence-corrected chi connectivity index (χ4v) is 3.56. The Hall–Kier alpha value is -2.21. The molecule has 1 amide bonds. The Morgan fingerprint density at radius 1 is 1.33 bits per heavy atom. The predicted octanol–water partition coefficient (Wildman–Crippen LogP) is 3.05. The Labute approximate surface area is 145 Å². The Balaban J connectivity index is 1.56. The van der Waals surface area contributed by atoms with Crippen molar-refractivity contribution in [3.05, 3.63) is 52.0 Å². The molecule has 1 atom stereocenters. The summed E-state index contributed by atoms with van der Waals surface area (Å²) in [6.45, 7) is 3.29. The molecule has 0 radical (unpaired) electrons. The number of ether oxygens (including phenoxy) is 1. The number of esters is 1. The van der Waals surface area contributed by atoms with Crippen molar-refractivity contribution in [2.75, 3.05) is 13.1 Å². The molecule has 3 rings (SSSR count). The summed E-state index contributed by atoms with van der Waals surface area (Å²) in [6.07, 6.45) is 3.32. The number of piperidine rings is 1. The minimum atomic E-state index is -0.250. The summed E-state index contributed by atoms with van der Waals surface area (Å²) in [5, 5.41) is 0.957. The van der Waals surface area contributed by atoms with Crippen molar-refractivity contribution in [1.29, 1.82) is 0 Å². The fourth-order valence-electron chi connectivity index (χ4n) is 2.85. The van der Waals surface area contributed by atoms with Gasteiger partial charge in [-0.05, 0) is 31.9 Å². The SMILES string of the molecule is Cc1ncc(COC(=O)C2CCCN(C(=O)c3ccccc3)C2)s1. The number of likely N-dealkylation sites (tertiary alicyclic amines) is 1. The third-order valence-electron chi connectivity index (χ3n) is 4.09. The third-order valence-corrected chi connectivity index (χ3v) is 4.97. The van der Waals surface area contributed by atoms with Gasteiger partial charge in [-0.2, -0.15) is 0 Å². The predicted molar refractivity (Wildman–Crippen MR) is 91.7 cm³/mol. The van der Waals surface area contributed by atoms with Crippen LogP contribution in [0, 0.1) is 12.8 Å². The maximum absolute atomic E-state index is 12.5. The number of amides is 1. The van der Waals surface area contributed by atoms with Crippen LogP contribution < -0.4 is 0 Å². The molecule has 6 heteroatoms. The molecule has 0 N–H and O–H groups in total. The van der Waals surface area contributed by atoms with E-state index in [0.717, 1.165) is 22.7 Å². The van der Waals surface area contributed by atoms with Crippen LogP contribution in [-0.2, 0) is 16.1 Å². The summed E-state index contributed by atoms with van der Waals surface area (Å²) in [6, 6.07) is 9.18. The van der Waals surface area contributed by atoms with Gasteiger partial charge in [0, 0.05) is 24.8 Å². The summed E-state index contributed by atoms with van der Waals surface area (Å²) in [5.74, 6) is -0.502. The van der Waals surface area contributed by atoms with Crippen molar-refractivity contribution < 1.29 is 14.3 Å². The van der Waals surface area contributed by atoms with E-state index in [0.29, 0.717) is 18.7 Å². The molecule has 0 spiro atoms. The van der Waals surface area contributed by atoms with Gasteiger partial charge >= 0.3 is 5.97 Å². The normalized spacial score (nSPS) is 17.5. The number of carbonyl (C=O) groups is 2. The van der Waals surface area contributed by atoms with E-state index in [9.17, 15) is 9.59 Å². The molecule has 1 aliphatic rings. The first-order valence-corrected chi connectivity index (χ1v) is 8.87. The molecule has 1 fully saturated rings. The molecular formula is C18H20N2O3S. The van der Waals surface area contributed by atoms with Crippen molar-refractivity contribution >= 4 is 23.2 Å². The van der Waals surface area contributed by atoms with E-state index < -0.39 is 0 Å². The Kier molecular flexibility index (Phi) is 5.25. The van der Waals surface area contributed by atoms with E-state index in [1.54, 1.807) is 23.2 Å². The van der Waals surface area contributed by atoms with Crippen LogP contribution in [0.25, 0.3) is 0 Å². The van der Waals surface area contributed by atoms with Gasteiger partial charge in [0.1, 0.15) is 6.61 Å². The number of nitrogens with zero attached hydrogens (tertiary/aromatic N) is 2. The van der Waals surface area contributed by atoms with Gasteiger partial charge in [-0.25, -0.2) is 4.98 Å². The first-order chi connectivity index (χ1) is 11.6. The summed E-state index contributed by atoms with van der Waals surface area (Å²) < 4.78 is 5.41. The quantitative estimate of drug-likeness (QED) is 0.800. The van der Waals surface area contributed by atoms with Gasteiger partial charge in [0.05, 0.1) is 15.8 Å². The topological polar surface area (TPSA) is 59.5 Å². The molecule has 1 saturated heterocycles. The number of benzene rings is 1. The van der Waals surface area contributed by atoms with Crippen molar-refractivity contribution in [2.24, 2.45) is 5.92 Å².